The van der Waals surface area contributed by atoms with Crippen LogP contribution in [0.3, 0.4) is 0 Å². The van der Waals surface area contributed by atoms with Crippen LogP contribution in [-0.4, -0.2) is 25.7 Å². The van der Waals surface area contributed by atoms with Gasteiger partial charge in [-0.3, -0.25) is 9.89 Å². The van der Waals surface area contributed by atoms with Gasteiger partial charge in [0.25, 0.3) is 0 Å². The second-order valence-corrected chi connectivity index (χ2v) is 9.50. The summed E-state index contributed by atoms with van der Waals surface area (Å²) >= 11 is 6.47. The Balaban J connectivity index is 1.77. The number of unbranched alkanes of at least 4 members (excludes halogenated alkanes) is 8. The Morgan fingerprint density at radius 1 is 1.10 bits per heavy atom. The number of fused-ring (bicyclic) bond motifs is 1. The molecule has 2 aromatic rings. The number of nitrogens with zero attached hydrogens (tertiary/aromatic N) is 3. The highest BCUT2D eigenvalue weighted by Gasteiger charge is 2.27. The first-order valence-electron chi connectivity index (χ1n) is 11.2. The molecule has 2 N–H and O–H groups in total. The molecule has 0 aliphatic rings. The lowest BCUT2D eigenvalue weighted by Gasteiger charge is -2.15. The Kier molecular flexibility index (Phi) is 9.00. The van der Waals surface area contributed by atoms with Crippen molar-refractivity contribution in [1.29, 1.82) is 0 Å². The fraction of sp³-hybridized carbons (Fsp3) is 0.773. The van der Waals surface area contributed by atoms with Gasteiger partial charge in [-0.15, -0.1) is 0 Å². The monoisotopic (exact) mass is 423 g/mol. The van der Waals surface area contributed by atoms with Crippen molar-refractivity contribution in [3.63, 3.8) is 0 Å². The van der Waals surface area contributed by atoms with Gasteiger partial charge in [0.15, 0.2) is 11.5 Å². The van der Waals surface area contributed by atoms with Gasteiger partial charge in [0, 0.05) is 11.8 Å². The Morgan fingerprint density at radius 2 is 1.69 bits per heavy atom. The van der Waals surface area contributed by atoms with Gasteiger partial charge in [0.05, 0.1) is 11.7 Å². The van der Waals surface area contributed by atoms with Crippen LogP contribution in [0.25, 0.3) is 5.65 Å². The third-order valence-corrected chi connectivity index (χ3v) is 5.66. The van der Waals surface area contributed by atoms with Crippen LogP contribution in [0.2, 0.25) is 5.02 Å². The van der Waals surface area contributed by atoms with Gasteiger partial charge in [-0.25, -0.2) is 0 Å². The summed E-state index contributed by atoms with van der Waals surface area (Å²) in [5.74, 6) is 0.726. The average Bonchev–Trinajstić information content (AvgIpc) is 3.20. The Hall–Kier alpha value is -1.56. The molecule has 164 valence electrons. The molecule has 0 radical (unpaired) electrons. The topological polar surface area (TPSA) is 75.1 Å². The first-order chi connectivity index (χ1) is 13.8. The highest BCUT2D eigenvalue weighted by molar-refractivity contribution is 6.34. The molecule has 2 rings (SSSR count). The van der Waals surface area contributed by atoms with Crippen LogP contribution in [-0.2, 0) is 10.2 Å². The first kappa shape index (κ1) is 23.7. The maximum atomic E-state index is 12.3. The zero-order valence-electron chi connectivity index (χ0n) is 18.8. The van der Waals surface area contributed by atoms with Gasteiger partial charge in [0.1, 0.15) is 5.02 Å². The van der Waals surface area contributed by atoms with E-state index >= 15 is 0 Å². The number of rotatable bonds is 12. The van der Waals surface area contributed by atoms with Crippen molar-refractivity contribution < 1.29 is 4.79 Å². The summed E-state index contributed by atoms with van der Waals surface area (Å²) in [6, 6.07) is -0.237. The lowest BCUT2D eigenvalue weighted by atomic mass is 9.92. The van der Waals surface area contributed by atoms with Gasteiger partial charge < -0.3 is 5.32 Å². The third kappa shape index (κ3) is 6.73. The number of amides is 1. The van der Waals surface area contributed by atoms with Crippen LogP contribution < -0.4 is 5.32 Å². The third-order valence-electron chi connectivity index (χ3n) is 5.30. The first-order valence-corrected chi connectivity index (χ1v) is 11.6. The predicted octanol–water partition coefficient (Wildman–Crippen LogP) is 6.11. The number of carbonyl (C=O) groups excluding carboxylic acids is 1. The number of carbonyl (C=O) groups is 1. The van der Waals surface area contributed by atoms with Gasteiger partial charge in [-0.2, -0.15) is 14.7 Å². The fourth-order valence-corrected chi connectivity index (χ4v) is 4.00. The van der Waals surface area contributed by atoms with Crippen LogP contribution in [0.15, 0.2) is 0 Å². The molecule has 0 aliphatic heterocycles. The number of halogens is 1. The maximum absolute atomic E-state index is 12.3. The summed E-state index contributed by atoms with van der Waals surface area (Å²) < 4.78 is 1.71. The van der Waals surface area contributed by atoms with Crippen molar-refractivity contribution in [3.05, 3.63) is 16.5 Å². The van der Waals surface area contributed by atoms with E-state index in [-0.39, 0.29) is 17.4 Å². The van der Waals surface area contributed by atoms with E-state index in [4.69, 9.17) is 11.6 Å². The summed E-state index contributed by atoms with van der Waals surface area (Å²) in [6.07, 6.45) is 11.8. The van der Waals surface area contributed by atoms with Crippen LogP contribution in [0.4, 0.5) is 0 Å². The minimum absolute atomic E-state index is 0.0610. The zero-order valence-corrected chi connectivity index (χ0v) is 19.5. The van der Waals surface area contributed by atoms with E-state index in [1.807, 2.05) is 6.92 Å². The zero-order chi connectivity index (χ0) is 21.4. The quantitative estimate of drug-likeness (QED) is 0.404. The number of nitrogens with one attached hydrogen (secondary N) is 2. The molecular weight excluding hydrogens is 386 g/mol. The van der Waals surface area contributed by atoms with Crippen LogP contribution >= 0.6 is 11.6 Å². The number of H-pyrrole nitrogens is 1. The van der Waals surface area contributed by atoms with E-state index in [1.54, 1.807) is 4.52 Å². The highest BCUT2D eigenvalue weighted by atomic mass is 35.5. The molecule has 1 atom stereocenters. The minimum atomic E-state index is -0.237. The van der Waals surface area contributed by atoms with Gasteiger partial charge in [-0.1, -0.05) is 90.7 Å². The molecule has 0 aromatic carbocycles. The van der Waals surface area contributed by atoms with Crippen LogP contribution in [0.5, 0.6) is 0 Å². The van der Waals surface area contributed by atoms with Crippen molar-refractivity contribution in [2.45, 2.75) is 110 Å². The van der Waals surface area contributed by atoms with Gasteiger partial charge in [-0.05, 0) is 13.3 Å². The van der Waals surface area contributed by atoms with Crippen LogP contribution in [0, 0.1) is 0 Å². The lowest BCUT2D eigenvalue weighted by Crippen LogP contribution is -2.28. The Labute approximate surface area is 180 Å². The summed E-state index contributed by atoms with van der Waals surface area (Å²) in [5.41, 5.74) is 1.33. The van der Waals surface area contributed by atoms with Gasteiger partial charge in [0.2, 0.25) is 5.91 Å². The highest BCUT2D eigenvalue weighted by Crippen LogP contribution is 2.31. The molecular formula is C22H38ClN5O. The summed E-state index contributed by atoms with van der Waals surface area (Å²) in [7, 11) is 0. The molecule has 2 aromatic heterocycles. The molecule has 1 amide bonds. The van der Waals surface area contributed by atoms with E-state index in [1.165, 1.54) is 44.9 Å². The number of aromatic nitrogens is 4. The molecule has 6 nitrogen and oxygen atoms in total. The lowest BCUT2D eigenvalue weighted by molar-refractivity contribution is -0.121. The molecule has 2 heterocycles. The van der Waals surface area contributed by atoms with Crippen molar-refractivity contribution in [3.8, 4) is 0 Å². The number of hydrogen-bond donors (Lipinski definition) is 2. The second-order valence-electron chi connectivity index (χ2n) is 9.12. The van der Waals surface area contributed by atoms with E-state index in [9.17, 15) is 4.79 Å². The molecule has 0 bridgehead atoms. The van der Waals surface area contributed by atoms with Crippen molar-refractivity contribution in [1.82, 2.24) is 25.1 Å². The second kappa shape index (κ2) is 11.0. The van der Waals surface area contributed by atoms with Crippen molar-refractivity contribution >= 4 is 23.2 Å². The number of aromatic amines is 1. The molecule has 29 heavy (non-hydrogen) atoms. The van der Waals surface area contributed by atoms with E-state index in [0.29, 0.717) is 22.9 Å². The normalized spacial score (nSPS) is 13.2. The SMILES string of the molecule is CCCCCCCCCCCC(=O)NC(C)c1n[nH]c2c(Cl)c(C(C)(C)C)nn12. The molecule has 0 saturated carbocycles. The van der Waals surface area contributed by atoms with Gasteiger partial charge >= 0.3 is 0 Å². The van der Waals surface area contributed by atoms with Crippen LogP contribution in [0.1, 0.15) is 116 Å². The molecule has 0 fully saturated rings. The smallest absolute Gasteiger partial charge is 0.220 e. The molecule has 0 spiro atoms. The average molecular weight is 424 g/mol. The van der Waals surface area contributed by atoms with E-state index in [2.05, 4.69) is 48.3 Å². The molecule has 1 unspecified atom stereocenters. The van der Waals surface area contributed by atoms with Crippen molar-refractivity contribution in [2.75, 3.05) is 0 Å². The van der Waals surface area contributed by atoms with E-state index in [0.717, 1.165) is 18.5 Å². The fourth-order valence-electron chi connectivity index (χ4n) is 3.55. The van der Waals surface area contributed by atoms with Crippen molar-refractivity contribution in [2.24, 2.45) is 0 Å². The largest absolute Gasteiger partial charge is 0.346 e. The predicted molar refractivity (Wildman–Crippen MR) is 119 cm³/mol. The summed E-state index contributed by atoms with van der Waals surface area (Å²) in [4.78, 5) is 12.3. The minimum Gasteiger partial charge on any atom is -0.346 e. The maximum Gasteiger partial charge on any atom is 0.220 e. The summed E-state index contributed by atoms with van der Waals surface area (Å²) in [6.45, 7) is 10.4. The standard InChI is InChI=1S/C22H38ClN5O/c1-6-7-8-9-10-11-12-13-14-15-17(29)24-16(2)20-25-26-21-18(23)19(22(3,4)5)27-28(20)21/h16,26H,6-15H2,1-5H3,(H,24,29). The summed E-state index contributed by atoms with van der Waals surface area (Å²) in [5, 5.41) is 15.5. The Morgan fingerprint density at radius 3 is 2.28 bits per heavy atom. The Bertz CT molecular complexity index is 774. The van der Waals surface area contributed by atoms with E-state index < -0.39 is 0 Å². The number of hydrogen-bond acceptors (Lipinski definition) is 3. The molecule has 0 saturated heterocycles. The molecule has 7 heteroatoms. The molecule has 0 aliphatic carbocycles.